The van der Waals surface area contributed by atoms with Gasteiger partial charge in [-0.1, -0.05) is 29.3 Å². The topological polar surface area (TPSA) is 61.4 Å². The van der Waals surface area contributed by atoms with Gasteiger partial charge in [-0.2, -0.15) is 0 Å². The van der Waals surface area contributed by atoms with Crippen LogP contribution in [0.2, 0.25) is 4.34 Å². The van der Waals surface area contributed by atoms with E-state index in [2.05, 4.69) is 10.6 Å². The second-order valence-corrected chi connectivity index (χ2v) is 7.37. The summed E-state index contributed by atoms with van der Waals surface area (Å²) in [7, 11) is 0. The van der Waals surface area contributed by atoms with Gasteiger partial charge in [0.2, 0.25) is 0 Å². The molecule has 2 N–H and O–H groups in total. The van der Waals surface area contributed by atoms with E-state index in [4.69, 9.17) is 11.6 Å². The largest absolute Gasteiger partial charge is 0.350 e. The molecule has 2 rings (SSSR count). The SMILES string of the molecule is CCN(Cc1ccc(Cl)s1)C(=O)NCCNC(=O)c1ccc(C)cc1. The highest BCUT2D eigenvalue weighted by Gasteiger charge is 2.13. The van der Waals surface area contributed by atoms with E-state index in [1.807, 2.05) is 38.1 Å². The van der Waals surface area contributed by atoms with Crippen LogP contribution in [0.25, 0.3) is 0 Å². The molecule has 0 saturated heterocycles. The van der Waals surface area contributed by atoms with Crippen molar-refractivity contribution in [1.29, 1.82) is 0 Å². The standard InChI is InChI=1S/C18H22ClN3O2S/c1-3-22(12-15-8-9-16(19)25-15)18(24)21-11-10-20-17(23)14-6-4-13(2)5-7-14/h4-9H,3,10-12H2,1-2H3,(H,20,23)(H,21,24). The number of aryl methyl sites for hydroxylation is 1. The number of nitrogens with one attached hydrogen (secondary N) is 2. The van der Waals surface area contributed by atoms with Gasteiger partial charge in [-0.25, -0.2) is 4.79 Å². The Morgan fingerprint density at radius 3 is 2.36 bits per heavy atom. The fraction of sp³-hybridized carbons (Fsp3) is 0.333. The lowest BCUT2D eigenvalue weighted by Gasteiger charge is -2.20. The number of urea groups is 1. The Balaban J connectivity index is 1.73. The molecule has 2 aromatic rings. The van der Waals surface area contributed by atoms with Crippen molar-refractivity contribution in [3.05, 3.63) is 56.7 Å². The Hall–Kier alpha value is -2.05. The van der Waals surface area contributed by atoms with Gasteiger partial charge in [-0.05, 0) is 38.1 Å². The summed E-state index contributed by atoms with van der Waals surface area (Å²) in [6, 6.07) is 11.0. The van der Waals surface area contributed by atoms with E-state index in [-0.39, 0.29) is 11.9 Å². The normalized spacial score (nSPS) is 10.4. The van der Waals surface area contributed by atoms with Gasteiger partial charge in [-0.15, -0.1) is 11.3 Å². The molecule has 134 valence electrons. The predicted octanol–water partition coefficient (Wildman–Crippen LogP) is 3.67. The number of hydrogen-bond acceptors (Lipinski definition) is 3. The van der Waals surface area contributed by atoms with Crippen LogP contribution in [-0.4, -0.2) is 36.5 Å². The number of benzene rings is 1. The van der Waals surface area contributed by atoms with Crippen LogP contribution < -0.4 is 10.6 Å². The Bertz CT molecular complexity index is 715. The van der Waals surface area contributed by atoms with Crippen molar-refractivity contribution < 1.29 is 9.59 Å². The number of thiophene rings is 1. The van der Waals surface area contributed by atoms with Gasteiger partial charge >= 0.3 is 6.03 Å². The van der Waals surface area contributed by atoms with Crippen molar-refractivity contribution >= 4 is 34.9 Å². The van der Waals surface area contributed by atoms with E-state index in [1.165, 1.54) is 11.3 Å². The molecule has 0 aliphatic rings. The molecular weight excluding hydrogens is 358 g/mol. The zero-order chi connectivity index (χ0) is 18.2. The monoisotopic (exact) mass is 379 g/mol. The first-order chi connectivity index (χ1) is 12.0. The third-order valence-electron chi connectivity index (χ3n) is 3.65. The van der Waals surface area contributed by atoms with Crippen LogP contribution in [0.4, 0.5) is 4.79 Å². The highest BCUT2D eigenvalue weighted by atomic mass is 35.5. The van der Waals surface area contributed by atoms with Gasteiger partial charge in [0.15, 0.2) is 0 Å². The molecule has 0 aliphatic heterocycles. The first-order valence-electron chi connectivity index (χ1n) is 8.11. The van der Waals surface area contributed by atoms with Crippen LogP contribution in [0.3, 0.4) is 0 Å². The predicted molar refractivity (Wildman–Crippen MR) is 102 cm³/mol. The molecule has 7 heteroatoms. The first kappa shape index (κ1) is 19.3. The molecule has 0 bridgehead atoms. The van der Waals surface area contributed by atoms with Crippen LogP contribution in [0.1, 0.15) is 27.7 Å². The Labute approximate surface area is 157 Å². The number of halogens is 1. The lowest BCUT2D eigenvalue weighted by atomic mass is 10.1. The molecule has 1 aromatic heterocycles. The van der Waals surface area contributed by atoms with Crippen molar-refractivity contribution in [3.8, 4) is 0 Å². The minimum absolute atomic E-state index is 0.144. The quantitative estimate of drug-likeness (QED) is 0.721. The fourth-order valence-electron chi connectivity index (χ4n) is 2.22. The van der Waals surface area contributed by atoms with Gasteiger partial charge in [0.1, 0.15) is 0 Å². The third-order valence-corrected chi connectivity index (χ3v) is 4.86. The molecule has 1 aromatic carbocycles. The maximum absolute atomic E-state index is 12.2. The summed E-state index contributed by atoms with van der Waals surface area (Å²) >= 11 is 7.38. The highest BCUT2D eigenvalue weighted by Crippen LogP contribution is 2.22. The Morgan fingerprint density at radius 2 is 1.76 bits per heavy atom. The Morgan fingerprint density at radius 1 is 1.08 bits per heavy atom. The first-order valence-corrected chi connectivity index (χ1v) is 9.31. The van der Waals surface area contributed by atoms with Crippen molar-refractivity contribution in [2.75, 3.05) is 19.6 Å². The molecule has 3 amide bonds. The van der Waals surface area contributed by atoms with Gasteiger partial charge in [0, 0.05) is 30.1 Å². The molecule has 0 radical (unpaired) electrons. The molecule has 25 heavy (non-hydrogen) atoms. The van der Waals surface area contributed by atoms with E-state index in [0.717, 1.165) is 10.4 Å². The van der Waals surface area contributed by atoms with Crippen LogP contribution >= 0.6 is 22.9 Å². The smallest absolute Gasteiger partial charge is 0.317 e. The number of nitrogens with zero attached hydrogens (tertiary/aromatic N) is 1. The second kappa shape index (κ2) is 9.44. The minimum Gasteiger partial charge on any atom is -0.350 e. The number of carbonyl (C=O) groups excluding carboxylic acids is 2. The average molecular weight is 380 g/mol. The second-order valence-electron chi connectivity index (χ2n) is 5.57. The summed E-state index contributed by atoms with van der Waals surface area (Å²) in [5.41, 5.74) is 1.72. The van der Waals surface area contributed by atoms with Crippen LogP contribution in [0, 0.1) is 6.92 Å². The van der Waals surface area contributed by atoms with E-state index in [1.54, 1.807) is 17.0 Å². The maximum Gasteiger partial charge on any atom is 0.317 e. The molecular formula is C18H22ClN3O2S. The van der Waals surface area contributed by atoms with Gasteiger partial charge in [-0.3, -0.25) is 4.79 Å². The molecule has 5 nitrogen and oxygen atoms in total. The van der Waals surface area contributed by atoms with Gasteiger partial charge in [0.05, 0.1) is 10.9 Å². The van der Waals surface area contributed by atoms with Gasteiger partial charge in [0.25, 0.3) is 5.91 Å². The Kier molecular flexibility index (Phi) is 7.28. The molecule has 0 aliphatic carbocycles. The molecule has 1 heterocycles. The van der Waals surface area contributed by atoms with Crippen molar-refractivity contribution in [1.82, 2.24) is 15.5 Å². The van der Waals surface area contributed by atoms with Crippen molar-refractivity contribution in [3.63, 3.8) is 0 Å². The van der Waals surface area contributed by atoms with Gasteiger partial charge < -0.3 is 15.5 Å². The minimum atomic E-state index is -0.156. The van der Waals surface area contributed by atoms with E-state index < -0.39 is 0 Å². The highest BCUT2D eigenvalue weighted by molar-refractivity contribution is 7.16. The van der Waals surface area contributed by atoms with Crippen LogP contribution in [0.15, 0.2) is 36.4 Å². The summed E-state index contributed by atoms with van der Waals surface area (Å²) in [5, 5.41) is 5.62. The van der Waals surface area contributed by atoms with E-state index >= 15 is 0 Å². The van der Waals surface area contributed by atoms with Crippen LogP contribution in [-0.2, 0) is 6.54 Å². The average Bonchev–Trinajstić information content (AvgIpc) is 3.01. The molecule has 0 unspecified atom stereocenters. The summed E-state index contributed by atoms with van der Waals surface area (Å²) < 4.78 is 0.713. The lowest BCUT2D eigenvalue weighted by Crippen LogP contribution is -2.42. The van der Waals surface area contributed by atoms with Crippen LogP contribution in [0.5, 0.6) is 0 Å². The summed E-state index contributed by atoms with van der Waals surface area (Å²) in [6.45, 7) is 5.76. The number of hydrogen-bond donors (Lipinski definition) is 2. The zero-order valence-electron chi connectivity index (χ0n) is 14.3. The third kappa shape index (κ3) is 6.07. The number of carbonyl (C=O) groups is 2. The van der Waals surface area contributed by atoms with E-state index in [0.29, 0.717) is 36.1 Å². The maximum atomic E-state index is 12.2. The zero-order valence-corrected chi connectivity index (χ0v) is 15.9. The number of rotatable bonds is 7. The fourth-order valence-corrected chi connectivity index (χ4v) is 3.32. The molecule has 0 fully saturated rings. The summed E-state index contributed by atoms with van der Waals surface area (Å²) in [4.78, 5) is 26.9. The molecule has 0 atom stereocenters. The van der Waals surface area contributed by atoms with Crippen molar-refractivity contribution in [2.24, 2.45) is 0 Å². The molecule has 0 spiro atoms. The van der Waals surface area contributed by atoms with E-state index in [9.17, 15) is 9.59 Å². The number of amides is 3. The van der Waals surface area contributed by atoms with Crippen molar-refractivity contribution in [2.45, 2.75) is 20.4 Å². The lowest BCUT2D eigenvalue weighted by molar-refractivity contribution is 0.0953. The summed E-state index contributed by atoms with van der Waals surface area (Å²) in [6.07, 6.45) is 0. The summed E-state index contributed by atoms with van der Waals surface area (Å²) in [5.74, 6) is -0.144. The molecule has 0 saturated carbocycles.